The summed E-state index contributed by atoms with van der Waals surface area (Å²) in [6, 6.07) is 0. The summed E-state index contributed by atoms with van der Waals surface area (Å²) >= 11 is 0. The second-order valence-electron chi connectivity index (χ2n) is 14.3. The van der Waals surface area contributed by atoms with E-state index < -0.39 is 0 Å². The topological polar surface area (TPSA) is 40.5 Å². The molecule has 5 rings (SSSR count). The fourth-order valence-corrected chi connectivity index (χ4v) is 10.5. The molecule has 180 valence electrons. The largest absolute Gasteiger partial charge is 0.393 e. The molecular weight excluding hydrogens is 392 g/mol. The van der Waals surface area contributed by atoms with Crippen LogP contribution < -0.4 is 0 Å². The summed E-state index contributed by atoms with van der Waals surface area (Å²) in [5.74, 6) is 2.31. The Labute approximate surface area is 197 Å². The van der Waals surface area contributed by atoms with Crippen molar-refractivity contribution in [2.45, 2.75) is 113 Å². The van der Waals surface area contributed by atoms with Crippen molar-refractivity contribution in [2.24, 2.45) is 50.7 Å². The fraction of sp³-hybridized carbons (Fsp3) is 0.867. The van der Waals surface area contributed by atoms with E-state index in [0.29, 0.717) is 23.7 Å². The van der Waals surface area contributed by atoms with Gasteiger partial charge >= 0.3 is 0 Å². The summed E-state index contributed by atoms with van der Waals surface area (Å²) in [4.78, 5) is 0. The highest BCUT2D eigenvalue weighted by Gasteiger charge is 2.69. The van der Waals surface area contributed by atoms with Gasteiger partial charge in [-0.1, -0.05) is 67.5 Å². The van der Waals surface area contributed by atoms with Crippen molar-refractivity contribution < 1.29 is 10.2 Å². The van der Waals surface area contributed by atoms with Crippen molar-refractivity contribution in [3.8, 4) is 0 Å². The number of hydrogen-bond donors (Lipinski definition) is 2. The first-order valence-corrected chi connectivity index (χ1v) is 13.5. The molecule has 5 aliphatic carbocycles. The Bertz CT molecular complexity index is 866. The Kier molecular flexibility index (Phi) is 4.88. The third-order valence-electron chi connectivity index (χ3n) is 12.7. The van der Waals surface area contributed by atoms with Gasteiger partial charge in [-0.25, -0.2) is 0 Å². The molecule has 2 N–H and O–H groups in total. The quantitative estimate of drug-likeness (QED) is 0.465. The number of aliphatic hydroxyl groups is 2. The van der Waals surface area contributed by atoms with Gasteiger partial charge in [-0.2, -0.15) is 0 Å². The van der Waals surface area contributed by atoms with Gasteiger partial charge in [0.1, 0.15) is 0 Å². The monoisotopic (exact) mass is 440 g/mol. The van der Waals surface area contributed by atoms with Crippen LogP contribution in [0.4, 0.5) is 0 Å². The second-order valence-corrected chi connectivity index (χ2v) is 14.3. The predicted octanol–water partition coefficient (Wildman–Crippen LogP) is 6.92. The zero-order valence-corrected chi connectivity index (χ0v) is 22.0. The highest BCUT2D eigenvalue weighted by molar-refractivity contribution is 5.50. The van der Waals surface area contributed by atoms with Gasteiger partial charge in [0.2, 0.25) is 0 Å². The fourth-order valence-electron chi connectivity index (χ4n) is 10.5. The summed E-state index contributed by atoms with van der Waals surface area (Å²) in [5.41, 5.74) is 3.48. The highest BCUT2D eigenvalue weighted by Crippen LogP contribution is 2.75. The van der Waals surface area contributed by atoms with Gasteiger partial charge in [0.05, 0.1) is 12.2 Å². The van der Waals surface area contributed by atoms with E-state index in [0.717, 1.165) is 32.1 Å². The summed E-state index contributed by atoms with van der Waals surface area (Å²) in [6.45, 7) is 19.3. The molecule has 9 unspecified atom stereocenters. The first kappa shape index (κ1) is 23.2. The number of fused-ring (bicyclic) bond motifs is 7. The normalized spacial score (nSPS) is 54.2. The van der Waals surface area contributed by atoms with Crippen LogP contribution in [-0.4, -0.2) is 22.4 Å². The van der Waals surface area contributed by atoms with Crippen molar-refractivity contribution in [2.75, 3.05) is 0 Å². The van der Waals surface area contributed by atoms with Crippen LogP contribution in [0.25, 0.3) is 0 Å². The zero-order chi connectivity index (χ0) is 23.5. The minimum Gasteiger partial charge on any atom is -0.393 e. The van der Waals surface area contributed by atoms with Crippen molar-refractivity contribution in [3.63, 3.8) is 0 Å². The Morgan fingerprint density at radius 2 is 1.53 bits per heavy atom. The summed E-state index contributed by atoms with van der Waals surface area (Å²) in [6.07, 6.45) is 12.4. The lowest BCUT2D eigenvalue weighted by Gasteiger charge is -2.67. The first-order chi connectivity index (χ1) is 14.7. The number of allylic oxidation sites excluding steroid dienone is 4. The maximum absolute atomic E-state index is 11.8. The molecule has 0 aromatic heterocycles. The number of aliphatic hydroxyl groups excluding tert-OH is 2. The Morgan fingerprint density at radius 3 is 2.19 bits per heavy atom. The van der Waals surface area contributed by atoms with E-state index in [9.17, 15) is 10.2 Å². The van der Waals surface area contributed by atoms with Gasteiger partial charge in [0.15, 0.2) is 0 Å². The lowest BCUT2D eigenvalue weighted by molar-refractivity contribution is -0.171. The Hall–Kier alpha value is -0.600. The minimum atomic E-state index is -0.226. The van der Waals surface area contributed by atoms with Gasteiger partial charge in [-0.3, -0.25) is 0 Å². The molecule has 9 atom stereocenters. The van der Waals surface area contributed by atoms with E-state index in [2.05, 4.69) is 67.5 Å². The molecule has 5 aliphatic rings. The zero-order valence-electron chi connectivity index (χ0n) is 22.0. The van der Waals surface area contributed by atoms with Crippen LogP contribution in [0.2, 0.25) is 0 Å². The van der Waals surface area contributed by atoms with Crippen LogP contribution >= 0.6 is 0 Å². The van der Waals surface area contributed by atoms with Crippen LogP contribution in [-0.2, 0) is 0 Å². The molecule has 32 heavy (non-hydrogen) atoms. The minimum absolute atomic E-state index is 0.0285. The van der Waals surface area contributed by atoms with Crippen LogP contribution in [0.1, 0.15) is 100 Å². The average molecular weight is 441 g/mol. The SMILES string of the molecule is CC(C)C1CCC2C1(C)C(O)CC1(C)C3=CCC4C(C)(CCC(O)C4(C)C)C3=CCC21C. The Morgan fingerprint density at radius 1 is 0.844 bits per heavy atom. The lowest BCUT2D eigenvalue weighted by atomic mass is 9.37. The second kappa shape index (κ2) is 6.75. The van der Waals surface area contributed by atoms with Gasteiger partial charge in [-0.05, 0) is 101 Å². The third kappa shape index (κ3) is 2.50. The molecule has 0 bridgehead atoms. The molecule has 0 saturated heterocycles. The number of rotatable bonds is 1. The maximum atomic E-state index is 11.8. The van der Waals surface area contributed by atoms with Crippen molar-refractivity contribution >= 4 is 0 Å². The van der Waals surface area contributed by atoms with E-state index >= 15 is 0 Å². The molecule has 0 heterocycles. The van der Waals surface area contributed by atoms with E-state index in [4.69, 9.17) is 0 Å². The van der Waals surface area contributed by atoms with E-state index in [1.807, 2.05) is 0 Å². The van der Waals surface area contributed by atoms with Crippen LogP contribution in [0.15, 0.2) is 23.3 Å². The van der Waals surface area contributed by atoms with Crippen LogP contribution in [0.3, 0.4) is 0 Å². The first-order valence-electron chi connectivity index (χ1n) is 13.5. The molecule has 2 nitrogen and oxygen atoms in total. The van der Waals surface area contributed by atoms with Gasteiger partial charge in [0, 0.05) is 5.41 Å². The van der Waals surface area contributed by atoms with Gasteiger partial charge in [0.25, 0.3) is 0 Å². The summed E-state index contributed by atoms with van der Waals surface area (Å²) < 4.78 is 0. The molecular formula is C30H48O2. The molecule has 0 radical (unpaired) electrons. The van der Waals surface area contributed by atoms with E-state index in [1.165, 1.54) is 12.8 Å². The lowest BCUT2D eigenvalue weighted by Crippen LogP contribution is -2.63. The van der Waals surface area contributed by atoms with Gasteiger partial charge in [-0.15, -0.1) is 0 Å². The molecule has 0 aliphatic heterocycles. The van der Waals surface area contributed by atoms with Crippen molar-refractivity contribution in [1.29, 1.82) is 0 Å². The van der Waals surface area contributed by atoms with Crippen LogP contribution in [0, 0.1) is 50.7 Å². The van der Waals surface area contributed by atoms with Crippen LogP contribution in [0.5, 0.6) is 0 Å². The molecule has 0 aromatic carbocycles. The Balaban J connectivity index is 1.61. The molecule has 3 fully saturated rings. The predicted molar refractivity (Wildman–Crippen MR) is 132 cm³/mol. The van der Waals surface area contributed by atoms with Crippen molar-refractivity contribution in [3.05, 3.63) is 23.3 Å². The average Bonchev–Trinajstić information content (AvgIpc) is 3.07. The smallest absolute Gasteiger partial charge is 0.0608 e. The molecule has 2 heteroatoms. The standard InChI is InChI=1S/C30H48O2/c1-18(2)19-9-12-23-28(6)16-13-20-21(29(28,7)17-25(32)30(19,23)8)10-11-22-26(3,4)24(31)14-15-27(20,22)5/h10,13,18-19,22-25,31-32H,9,11-12,14-17H2,1-8H3. The molecule has 0 spiro atoms. The van der Waals surface area contributed by atoms with Gasteiger partial charge < -0.3 is 10.2 Å². The molecule has 0 amide bonds. The number of hydrogen-bond acceptors (Lipinski definition) is 2. The summed E-state index contributed by atoms with van der Waals surface area (Å²) in [7, 11) is 0. The van der Waals surface area contributed by atoms with E-state index in [1.54, 1.807) is 11.1 Å². The molecule has 3 saturated carbocycles. The van der Waals surface area contributed by atoms with Crippen molar-refractivity contribution in [1.82, 2.24) is 0 Å². The third-order valence-corrected chi connectivity index (χ3v) is 12.7. The maximum Gasteiger partial charge on any atom is 0.0608 e. The van der Waals surface area contributed by atoms with E-state index in [-0.39, 0.29) is 39.3 Å². The molecule has 0 aromatic rings. The highest BCUT2D eigenvalue weighted by atomic mass is 16.3. The summed E-state index contributed by atoms with van der Waals surface area (Å²) in [5, 5.41) is 22.6.